The molecule has 2 aromatic rings. The maximum atomic E-state index is 13.6. The van der Waals surface area contributed by atoms with E-state index in [9.17, 15) is 29.5 Å². The van der Waals surface area contributed by atoms with Crippen LogP contribution in [0.15, 0.2) is 60.0 Å². The van der Waals surface area contributed by atoms with Crippen molar-refractivity contribution in [3.8, 4) is 5.75 Å². The van der Waals surface area contributed by atoms with Gasteiger partial charge < -0.3 is 29.9 Å². The van der Waals surface area contributed by atoms with Crippen LogP contribution >= 0.6 is 11.8 Å². The number of anilines is 1. The third kappa shape index (κ3) is 6.27. The topological polar surface area (TPSA) is 142 Å². The fraction of sp³-hybridized carbons (Fsp3) is 0.528. The first-order valence-corrected chi connectivity index (χ1v) is 17.3. The zero-order chi connectivity index (χ0) is 34.3. The Labute approximate surface area is 281 Å². The number of Topliss-reactive ketones (excluding diaryl/α,β-unsaturated/α-hetero) is 1. The summed E-state index contributed by atoms with van der Waals surface area (Å²) in [4.78, 5) is 40.9. The van der Waals surface area contributed by atoms with Gasteiger partial charge in [0.05, 0.1) is 19.0 Å². The van der Waals surface area contributed by atoms with Gasteiger partial charge in [0.1, 0.15) is 17.6 Å². The molecular weight excluding hydrogens is 617 g/mol. The lowest BCUT2D eigenvalue weighted by atomic mass is 9.44. The van der Waals surface area contributed by atoms with Crippen molar-refractivity contribution in [2.24, 2.45) is 34.0 Å². The van der Waals surface area contributed by atoms with Crippen molar-refractivity contribution in [1.29, 1.82) is 0 Å². The van der Waals surface area contributed by atoms with Crippen molar-refractivity contribution >= 4 is 47.7 Å². The molecule has 0 radical (unpaired) electrons. The van der Waals surface area contributed by atoms with Gasteiger partial charge in [0, 0.05) is 44.8 Å². The molecule has 3 saturated carbocycles. The second-order valence-corrected chi connectivity index (χ2v) is 15.2. The van der Waals surface area contributed by atoms with E-state index >= 15 is 0 Å². The molecule has 0 saturated heterocycles. The largest absolute Gasteiger partial charge is 0.497 e. The van der Waals surface area contributed by atoms with E-state index in [1.807, 2.05) is 13.0 Å². The molecule has 1 amide bonds. The summed E-state index contributed by atoms with van der Waals surface area (Å²) in [7, 11) is -0.401. The van der Waals surface area contributed by atoms with Crippen LogP contribution in [0.5, 0.6) is 5.75 Å². The minimum atomic E-state index is -1.80. The predicted molar refractivity (Wildman–Crippen MR) is 183 cm³/mol. The quantitative estimate of drug-likeness (QED) is 0.131. The molecule has 8 atom stereocenters. The zero-order valence-corrected chi connectivity index (χ0v) is 28.6. The molecule has 5 rings (SSSR count). The third-order valence-electron chi connectivity index (χ3n) is 11.8. The molecule has 2 aromatic carbocycles. The lowest BCUT2D eigenvalue weighted by Crippen LogP contribution is -2.63. The molecule has 3 fully saturated rings. The second kappa shape index (κ2) is 13.4. The fourth-order valence-corrected chi connectivity index (χ4v) is 9.52. The summed E-state index contributed by atoms with van der Waals surface area (Å²) >= 11 is 1.28. The van der Waals surface area contributed by atoms with E-state index in [2.05, 4.69) is 32.7 Å². The highest BCUT2D eigenvalue weighted by atomic mass is 32.2. The number of esters is 1. The Morgan fingerprint density at radius 1 is 1.15 bits per heavy atom. The van der Waals surface area contributed by atoms with E-state index in [-0.39, 0.29) is 51.5 Å². The number of benzene rings is 2. The average molecular weight is 664 g/mol. The number of hydrogen-bond donors (Lipinski definition) is 4. The Bertz CT molecular complexity index is 1550. The monoisotopic (exact) mass is 663 g/mol. The van der Waals surface area contributed by atoms with E-state index in [1.165, 1.54) is 37.1 Å². The summed E-state index contributed by atoms with van der Waals surface area (Å²) in [5.41, 5.74) is -0.827. The number of hydrogen-bond acceptors (Lipinski definition) is 9. The molecule has 4 N–H and O–H groups in total. The van der Waals surface area contributed by atoms with Crippen LogP contribution in [0, 0.1) is 34.0 Å². The Balaban J connectivity index is 1.32. The first-order chi connectivity index (χ1) is 22.2. The van der Waals surface area contributed by atoms with Gasteiger partial charge in [-0.15, -0.1) is 18.3 Å². The molecule has 47 heavy (non-hydrogen) atoms. The van der Waals surface area contributed by atoms with E-state index in [1.54, 1.807) is 24.3 Å². The molecule has 0 heterocycles. The Hall–Kier alpha value is -3.12. The van der Waals surface area contributed by atoms with Gasteiger partial charge in [-0.1, -0.05) is 39.8 Å². The van der Waals surface area contributed by atoms with Crippen molar-refractivity contribution < 1.29 is 39.0 Å². The van der Waals surface area contributed by atoms with Gasteiger partial charge in [-0.05, 0) is 79.3 Å². The minimum Gasteiger partial charge on any atom is -0.497 e. The third-order valence-corrected chi connectivity index (χ3v) is 12.8. The second-order valence-electron chi connectivity index (χ2n) is 14.2. The Morgan fingerprint density at radius 2 is 1.89 bits per heavy atom. The molecule has 0 aliphatic heterocycles. The molecular formula is C36H46BNO8S. The van der Waals surface area contributed by atoms with Gasteiger partial charge in [-0.2, -0.15) is 0 Å². The lowest BCUT2D eigenvalue weighted by molar-refractivity contribution is -0.205. The molecule has 0 aromatic heterocycles. The van der Waals surface area contributed by atoms with E-state index in [0.29, 0.717) is 18.5 Å². The normalized spacial score (nSPS) is 33.2. The van der Waals surface area contributed by atoms with E-state index in [4.69, 9.17) is 9.47 Å². The number of carbonyl (C=O) groups excluding carboxylic acids is 3. The van der Waals surface area contributed by atoms with Crippen molar-refractivity contribution in [2.75, 3.05) is 18.2 Å². The number of aliphatic hydroxyl groups excluding tert-OH is 1. The zero-order valence-electron chi connectivity index (χ0n) is 27.8. The van der Waals surface area contributed by atoms with Gasteiger partial charge in [0.15, 0.2) is 0 Å². The van der Waals surface area contributed by atoms with Crippen molar-refractivity contribution in [1.82, 2.24) is 0 Å². The summed E-state index contributed by atoms with van der Waals surface area (Å²) in [5.74, 6) is -0.612. The van der Waals surface area contributed by atoms with Crippen LogP contribution in [-0.2, 0) is 14.3 Å². The summed E-state index contributed by atoms with van der Waals surface area (Å²) < 4.78 is 11.5. The maximum Gasteiger partial charge on any atom is 0.492 e. The standard InChI is InChI=1S/C36H46BNO8S/c1-7-34(4)19-29(35(5)21(2)13-15-36(22(3)32(34)41)16-14-27(39)31(35)36)46-30(40)20-47-25-10-8-9-24(18-25)38-33(42)23-11-12-28(45-6)26(17-23)37(43)44/h7-12,17-18,21-22,29,31-32,41,43-44H,1,13-16,19-20H2,2-6H3,(H,38,42)/t21-,22+,29-,31+,32+,34-,35+,36+/m1/s1. The van der Waals surface area contributed by atoms with Crippen LogP contribution < -0.4 is 15.5 Å². The summed E-state index contributed by atoms with van der Waals surface area (Å²) in [5, 5.41) is 33.9. The van der Waals surface area contributed by atoms with E-state index < -0.39 is 42.0 Å². The van der Waals surface area contributed by atoms with Crippen LogP contribution in [-0.4, -0.2) is 65.0 Å². The van der Waals surface area contributed by atoms with Gasteiger partial charge >= 0.3 is 13.1 Å². The summed E-state index contributed by atoms with van der Waals surface area (Å²) in [6, 6.07) is 11.4. The van der Waals surface area contributed by atoms with Crippen LogP contribution in [0.1, 0.15) is 70.2 Å². The smallest absolute Gasteiger partial charge is 0.492 e. The molecule has 2 bridgehead atoms. The van der Waals surface area contributed by atoms with Crippen LogP contribution in [0.3, 0.4) is 0 Å². The number of ketones is 1. The Morgan fingerprint density at radius 3 is 2.57 bits per heavy atom. The van der Waals surface area contributed by atoms with Gasteiger partial charge in [0.25, 0.3) is 5.91 Å². The average Bonchev–Trinajstić information content (AvgIpc) is 3.41. The first kappa shape index (κ1) is 35.2. The Kier molecular flexibility index (Phi) is 10.0. The maximum absolute atomic E-state index is 13.6. The van der Waals surface area contributed by atoms with Gasteiger partial charge in [0.2, 0.25) is 0 Å². The molecule has 11 heteroatoms. The number of rotatable bonds is 9. The SMILES string of the molecule is C=C[C@]1(C)C[C@@H](OC(=O)CSc2cccc(NC(=O)c3ccc(OC)c(B(O)O)c3)c2)[C@]2(C)[C@H](C)CC[C@]3(CCC(=O)[C@H]32)[C@@H](C)[C@@H]1O. The number of nitrogens with one attached hydrogen (secondary N) is 1. The van der Waals surface area contributed by atoms with E-state index in [0.717, 1.165) is 24.2 Å². The van der Waals surface area contributed by atoms with Crippen LogP contribution in [0.4, 0.5) is 5.69 Å². The van der Waals surface area contributed by atoms with Crippen molar-refractivity contribution in [2.45, 2.75) is 76.9 Å². The molecule has 3 aliphatic carbocycles. The number of thioether (sulfide) groups is 1. The number of carbonyl (C=O) groups is 3. The highest BCUT2D eigenvalue weighted by molar-refractivity contribution is 8.00. The van der Waals surface area contributed by atoms with Crippen molar-refractivity contribution in [3.05, 3.63) is 60.7 Å². The molecule has 252 valence electrons. The molecule has 0 spiro atoms. The number of methoxy groups -OCH3 is 1. The minimum absolute atomic E-state index is 0.0160. The summed E-state index contributed by atoms with van der Waals surface area (Å²) in [6.45, 7) is 12.4. The number of ether oxygens (including phenoxy) is 2. The molecule has 3 aliphatic rings. The van der Waals surface area contributed by atoms with Crippen molar-refractivity contribution in [3.63, 3.8) is 0 Å². The molecule has 9 nitrogen and oxygen atoms in total. The first-order valence-electron chi connectivity index (χ1n) is 16.3. The summed E-state index contributed by atoms with van der Waals surface area (Å²) in [6.07, 6.45) is 3.87. The highest BCUT2D eigenvalue weighted by Gasteiger charge is 2.68. The van der Waals surface area contributed by atoms with Gasteiger partial charge in [-0.3, -0.25) is 14.4 Å². The van der Waals surface area contributed by atoms with Gasteiger partial charge in [-0.25, -0.2) is 0 Å². The lowest BCUT2D eigenvalue weighted by Gasteiger charge is -2.61. The highest BCUT2D eigenvalue weighted by Crippen LogP contribution is 2.68. The molecule has 0 unspecified atom stereocenters. The predicted octanol–water partition coefficient (Wildman–Crippen LogP) is 4.63. The van der Waals surface area contributed by atoms with Crippen LogP contribution in [0.25, 0.3) is 0 Å². The fourth-order valence-electron chi connectivity index (χ4n) is 8.78. The number of aliphatic hydroxyl groups is 1. The van der Waals surface area contributed by atoms with Crippen LogP contribution in [0.2, 0.25) is 0 Å². The number of amides is 1.